The molecule has 0 spiro atoms. The molecule has 0 heterocycles. The van der Waals surface area contributed by atoms with Crippen molar-refractivity contribution in [2.45, 2.75) is 46.2 Å². The molecule has 1 aromatic rings. The van der Waals surface area contributed by atoms with Crippen molar-refractivity contribution in [3.8, 4) is 0 Å². The summed E-state index contributed by atoms with van der Waals surface area (Å²) in [5.41, 5.74) is 0.958. The van der Waals surface area contributed by atoms with Gasteiger partial charge in [-0.2, -0.15) is 0 Å². The first-order valence-corrected chi connectivity index (χ1v) is 7.63. The van der Waals surface area contributed by atoms with E-state index in [2.05, 4.69) is 36.4 Å². The zero-order valence-corrected chi connectivity index (χ0v) is 13.8. The number of guanidine groups is 1. The van der Waals surface area contributed by atoms with E-state index in [4.69, 9.17) is 0 Å². The second-order valence-electron chi connectivity index (χ2n) is 5.87. The molecule has 0 aliphatic heterocycles. The number of aliphatic imine (C=N–C) groups is 1. The highest BCUT2D eigenvalue weighted by Gasteiger charge is 2.08. The van der Waals surface area contributed by atoms with Gasteiger partial charge < -0.3 is 10.6 Å². The van der Waals surface area contributed by atoms with Crippen molar-refractivity contribution in [3.63, 3.8) is 0 Å². The number of nitrogens with one attached hydrogen (secondary N) is 2. The van der Waals surface area contributed by atoms with E-state index < -0.39 is 0 Å². The zero-order chi connectivity index (χ0) is 16.5. The highest BCUT2D eigenvalue weighted by atomic mass is 16.6. The number of nitrogens with zero attached hydrogens (tertiary/aromatic N) is 2. The predicted octanol–water partition coefficient (Wildman–Crippen LogP) is 3.08. The monoisotopic (exact) mass is 306 g/mol. The van der Waals surface area contributed by atoms with E-state index in [1.165, 1.54) is 6.07 Å². The minimum Gasteiger partial charge on any atom is -0.354 e. The van der Waals surface area contributed by atoms with Crippen LogP contribution in [0.25, 0.3) is 0 Å². The Kier molecular flexibility index (Phi) is 7.36. The molecule has 22 heavy (non-hydrogen) atoms. The summed E-state index contributed by atoms with van der Waals surface area (Å²) >= 11 is 0. The maximum Gasteiger partial charge on any atom is 0.269 e. The molecular weight excluding hydrogens is 280 g/mol. The Hall–Kier alpha value is -2.11. The first kappa shape index (κ1) is 17.9. The molecule has 0 aliphatic rings. The Bertz CT molecular complexity index is 515. The Morgan fingerprint density at radius 1 is 1.32 bits per heavy atom. The second kappa shape index (κ2) is 9.02. The molecule has 1 atom stereocenters. The summed E-state index contributed by atoms with van der Waals surface area (Å²) in [6.07, 6.45) is 2.24. The standard InChI is InChI=1S/C16H26N4O2/c1-12(2)8-9-13(3)19-16(17-4)18-11-14-6-5-7-15(10-14)20(21)22/h5-7,10,12-13H,8-9,11H2,1-4H3,(H2,17,18,19). The third-order valence-corrected chi connectivity index (χ3v) is 3.37. The summed E-state index contributed by atoms with van der Waals surface area (Å²) in [5.74, 6) is 1.40. The molecule has 1 aromatic carbocycles. The summed E-state index contributed by atoms with van der Waals surface area (Å²) < 4.78 is 0. The zero-order valence-electron chi connectivity index (χ0n) is 13.8. The third kappa shape index (κ3) is 6.56. The van der Waals surface area contributed by atoms with Crippen LogP contribution in [0.4, 0.5) is 5.69 Å². The topological polar surface area (TPSA) is 79.6 Å². The first-order valence-electron chi connectivity index (χ1n) is 7.63. The minimum atomic E-state index is -0.384. The van der Waals surface area contributed by atoms with Gasteiger partial charge in [-0.25, -0.2) is 0 Å². The molecule has 0 amide bonds. The van der Waals surface area contributed by atoms with Crippen LogP contribution in [0.5, 0.6) is 0 Å². The molecule has 0 radical (unpaired) electrons. The minimum absolute atomic E-state index is 0.104. The maximum absolute atomic E-state index is 10.8. The summed E-state index contributed by atoms with van der Waals surface area (Å²) in [5, 5.41) is 17.3. The van der Waals surface area contributed by atoms with Gasteiger partial charge in [-0.05, 0) is 31.2 Å². The number of hydrogen-bond donors (Lipinski definition) is 2. The van der Waals surface area contributed by atoms with Crippen molar-refractivity contribution in [2.75, 3.05) is 7.05 Å². The SMILES string of the molecule is CN=C(NCc1cccc([N+](=O)[O-])c1)NC(C)CCC(C)C. The number of hydrogen-bond acceptors (Lipinski definition) is 3. The molecule has 1 rings (SSSR count). The van der Waals surface area contributed by atoms with E-state index in [0.717, 1.165) is 18.4 Å². The summed E-state index contributed by atoms with van der Waals surface area (Å²) in [4.78, 5) is 14.6. The molecule has 0 fully saturated rings. The lowest BCUT2D eigenvalue weighted by Crippen LogP contribution is -2.41. The second-order valence-corrected chi connectivity index (χ2v) is 5.87. The first-order chi connectivity index (χ1) is 10.4. The van der Waals surface area contributed by atoms with Crippen LogP contribution in [0.3, 0.4) is 0 Å². The van der Waals surface area contributed by atoms with Gasteiger partial charge in [0, 0.05) is 31.8 Å². The summed E-state index contributed by atoms with van der Waals surface area (Å²) in [6.45, 7) is 7.05. The fourth-order valence-electron chi connectivity index (χ4n) is 2.05. The van der Waals surface area contributed by atoms with E-state index in [0.29, 0.717) is 24.5 Å². The predicted molar refractivity (Wildman–Crippen MR) is 90.0 cm³/mol. The lowest BCUT2D eigenvalue weighted by Gasteiger charge is -2.18. The van der Waals surface area contributed by atoms with E-state index in [1.54, 1.807) is 19.2 Å². The number of non-ortho nitro benzene ring substituents is 1. The molecule has 0 saturated heterocycles. The van der Waals surface area contributed by atoms with Crippen LogP contribution in [0.1, 0.15) is 39.2 Å². The average molecular weight is 306 g/mol. The van der Waals surface area contributed by atoms with E-state index in [1.807, 2.05) is 6.07 Å². The lowest BCUT2D eigenvalue weighted by molar-refractivity contribution is -0.384. The van der Waals surface area contributed by atoms with Crippen LogP contribution in [-0.4, -0.2) is 24.0 Å². The molecular formula is C16H26N4O2. The lowest BCUT2D eigenvalue weighted by atomic mass is 10.0. The van der Waals surface area contributed by atoms with Gasteiger partial charge in [0.05, 0.1) is 4.92 Å². The summed E-state index contributed by atoms with van der Waals surface area (Å²) in [6, 6.07) is 6.94. The van der Waals surface area contributed by atoms with Gasteiger partial charge in [0.25, 0.3) is 5.69 Å². The van der Waals surface area contributed by atoms with Crippen molar-refractivity contribution in [1.29, 1.82) is 0 Å². The number of nitro benzene ring substituents is 1. The van der Waals surface area contributed by atoms with Crippen LogP contribution >= 0.6 is 0 Å². The quantitative estimate of drug-likeness (QED) is 0.351. The van der Waals surface area contributed by atoms with Gasteiger partial charge in [0.1, 0.15) is 0 Å². The van der Waals surface area contributed by atoms with Crippen LogP contribution in [0.15, 0.2) is 29.3 Å². The number of benzene rings is 1. The van der Waals surface area contributed by atoms with Gasteiger partial charge in [0.15, 0.2) is 5.96 Å². The molecule has 2 N–H and O–H groups in total. The van der Waals surface area contributed by atoms with Gasteiger partial charge in [0.2, 0.25) is 0 Å². The van der Waals surface area contributed by atoms with Gasteiger partial charge in [-0.3, -0.25) is 15.1 Å². The molecule has 6 heteroatoms. The fraction of sp³-hybridized carbons (Fsp3) is 0.562. The van der Waals surface area contributed by atoms with Crippen molar-refractivity contribution < 1.29 is 4.92 Å². The van der Waals surface area contributed by atoms with Crippen molar-refractivity contribution in [2.24, 2.45) is 10.9 Å². The Balaban J connectivity index is 2.50. The smallest absolute Gasteiger partial charge is 0.269 e. The third-order valence-electron chi connectivity index (χ3n) is 3.37. The molecule has 122 valence electrons. The van der Waals surface area contributed by atoms with Crippen LogP contribution in [0.2, 0.25) is 0 Å². The molecule has 1 unspecified atom stereocenters. The van der Waals surface area contributed by atoms with Crippen LogP contribution in [-0.2, 0) is 6.54 Å². The normalized spacial score (nSPS) is 13.0. The molecule has 0 aliphatic carbocycles. The average Bonchev–Trinajstić information content (AvgIpc) is 2.49. The van der Waals surface area contributed by atoms with Gasteiger partial charge in [-0.15, -0.1) is 0 Å². The molecule has 0 saturated carbocycles. The van der Waals surface area contributed by atoms with E-state index in [9.17, 15) is 10.1 Å². The van der Waals surface area contributed by atoms with Gasteiger partial charge in [-0.1, -0.05) is 26.0 Å². The molecule has 0 bridgehead atoms. The Labute approximate surface area is 132 Å². The highest BCUT2D eigenvalue weighted by molar-refractivity contribution is 5.79. The largest absolute Gasteiger partial charge is 0.354 e. The highest BCUT2D eigenvalue weighted by Crippen LogP contribution is 2.12. The van der Waals surface area contributed by atoms with Gasteiger partial charge >= 0.3 is 0 Å². The maximum atomic E-state index is 10.8. The van der Waals surface area contributed by atoms with Crippen LogP contribution < -0.4 is 10.6 Å². The molecule has 0 aromatic heterocycles. The van der Waals surface area contributed by atoms with E-state index >= 15 is 0 Å². The number of nitro groups is 1. The van der Waals surface area contributed by atoms with E-state index in [-0.39, 0.29) is 10.6 Å². The summed E-state index contributed by atoms with van der Waals surface area (Å²) in [7, 11) is 1.72. The number of rotatable bonds is 7. The fourth-order valence-corrected chi connectivity index (χ4v) is 2.05. The van der Waals surface area contributed by atoms with Crippen molar-refractivity contribution in [3.05, 3.63) is 39.9 Å². The Morgan fingerprint density at radius 2 is 2.05 bits per heavy atom. The molecule has 6 nitrogen and oxygen atoms in total. The van der Waals surface area contributed by atoms with Crippen LogP contribution in [0, 0.1) is 16.0 Å². The van der Waals surface area contributed by atoms with Crippen molar-refractivity contribution >= 4 is 11.6 Å². The Morgan fingerprint density at radius 3 is 2.64 bits per heavy atom. The van der Waals surface area contributed by atoms with Crippen molar-refractivity contribution in [1.82, 2.24) is 10.6 Å².